The summed E-state index contributed by atoms with van der Waals surface area (Å²) in [7, 11) is 6.79. The lowest BCUT2D eigenvalue weighted by atomic mass is 10.2. The summed E-state index contributed by atoms with van der Waals surface area (Å²) in [6.07, 6.45) is 4.38. The van der Waals surface area contributed by atoms with Gasteiger partial charge in [0.2, 0.25) is 11.6 Å². The molecule has 0 bridgehead atoms. The van der Waals surface area contributed by atoms with Crippen molar-refractivity contribution in [3.8, 4) is 28.7 Å². The Kier molecular flexibility index (Phi) is 6.49. The summed E-state index contributed by atoms with van der Waals surface area (Å²) in [6.45, 7) is 1.56. The molecule has 0 unspecified atom stereocenters. The second-order valence-electron chi connectivity index (χ2n) is 6.37. The maximum absolute atomic E-state index is 5.68. The summed E-state index contributed by atoms with van der Waals surface area (Å²) in [5.41, 5.74) is 2.69. The molecule has 0 radical (unpaired) electrons. The Labute approximate surface area is 164 Å². The molecule has 148 valence electrons. The molecule has 0 spiro atoms. The van der Waals surface area contributed by atoms with Gasteiger partial charge in [0.05, 0.1) is 27.0 Å². The SMILES string of the molecule is COc1cc(-c2nc(CN(C)CCc3ccccn3)co2)cc(OC)c1OC. The van der Waals surface area contributed by atoms with Crippen LogP contribution in [0.5, 0.6) is 17.2 Å². The van der Waals surface area contributed by atoms with E-state index in [1.807, 2.05) is 36.5 Å². The molecule has 2 aromatic heterocycles. The predicted octanol–water partition coefficient (Wildman–Crippen LogP) is 3.44. The molecular formula is C21H25N3O4. The third kappa shape index (κ3) is 4.61. The molecule has 7 nitrogen and oxygen atoms in total. The smallest absolute Gasteiger partial charge is 0.226 e. The third-order valence-corrected chi connectivity index (χ3v) is 4.37. The molecule has 2 heterocycles. The van der Waals surface area contributed by atoms with Crippen molar-refractivity contribution < 1.29 is 18.6 Å². The summed E-state index contributed by atoms with van der Waals surface area (Å²) < 4.78 is 21.8. The maximum Gasteiger partial charge on any atom is 0.226 e. The third-order valence-electron chi connectivity index (χ3n) is 4.37. The van der Waals surface area contributed by atoms with Crippen LogP contribution in [-0.2, 0) is 13.0 Å². The van der Waals surface area contributed by atoms with Crippen LogP contribution < -0.4 is 14.2 Å². The fourth-order valence-electron chi connectivity index (χ4n) is 2.92. The quantitative estimate of drug-likeness (QED) is 0.560. The molecule has 28 heavy (non-hydrogen) atoms. The molecule has 0 saturated carbocycles. The van der Waals surface area contributed by atoms with E-state index < -0.39 is 0 Å². The van der Waals surface area contributed by atoms with Crippen molar-refractivity contribution in [2.75, 3.05) is 34.9 Å². The average molecular weight is 383 g/mol. The zero-order valence-corrected chi connectivity index (χ0v) is 16.6. The number of aromatic nitrogens is 2. The number of hydrogen-bond acceptors (Lipinski definition) is 7. The van der Waals surface area contributed by atoms with Crippen molar-refractivity contribution in [1.29, 1.82) is 0 Å². The average Bonchev–Trinajstić information content (AvgIpc) is 3.20. The molecule has 0 aliphatic heterocycles. The van der Waals surface area contributed by atoms with Crippen LogP contribution in [0.25, 0.3) is 11.5 Å². The number of rotatable bonds is 9. The number of likely N-dealkylation sites (N-methyl/N-ethyl adjacent to an activating group) is 1. The van der Waals surface area contributed by atoms with E-state index in [1.165, 1.54) is 0 Å². The highest BCUT2D eigenvalue weighted by Crippen LogP contribution is 2.40. The van der Waals surface area contributed by atoms with Gasteiger partial charge in [-0.05, 0) is 31.3 Å². The minimum atomic E-state index is 0.507. The zero-order chi connectivity index (χ0) is 19.9. The summed E-state index contributed by atoms with van der Waals surface area (Å²) in [5.74, 6) is 2.16. The van der Waals surface area contributed by atoms with Crippen molar-refractivity contribution >= 4 is 0 Å². The Balaban J connectivity index is 1.69. The first-order valence-electron chi connectivity index (χ1n) is 8.97. The van der Waals surface area contributed by atoms with Crippen molar-refractivity contribution in [3.63, 3.8) is 0 Å². The van der Waals surface area contributed by atoms with E-state index in [0.29, 0.717) is 29.7 Å². The first kappa shape index (κ1) is 19.7. The lowest BCUT2D eigenvalue weighted by molar-refractivity contribution is 0.324. The number of methoxy groups -OCH3 is 3. The molecule has 0 amide bonds. The number of hydrogen-bond donors (Lipinski definition) is 0. The molecule has 0 saturated heterocycles. The largest absolute Gasteiger partial charge is 0.493 e. The van der Waals surface area contributed by atoms with Crippen LogP contribution in [0, 0.1) is 0 Å². The van der Waals surface area contributed by atoms with Gasteiger partial charge in [0, 0.05) is 37.0 Å². The Bertz CT molecular complexity index is 871. The van der Waals surface area contributed by atoms with E-state index in [2.05, 4.69) is 21.9 Å². The number of oxazole rings is 1. The first-order chi connectivity index (χ1) is 13.6. The summed E-state index contributed by atoms with van der Waals surface area (Å²) in [4.78, 5) is 11.1. The van der Waals surface area contributed by atoms with Crippen molar-refractivity contribution in [2.24, 2.45) is 0 Å². The summed E-state index contributed by atoms with van der Waals surface area (Å²) in [5, 5.41) is 0. The fourth-order valence-corrected chi connectivity index (χ4v) is 2.92. The molecule has 0 aliphatic rings. The van der Waals surface area contributed by atoms with Gasteiger partial charge in [0.1, 0.15) is 6.26 Å². The second-order valence-corrected chi connectivity index (χ2v) is 6.37. The Morgan fingerprint density at radius 3 is 2.36 bits per heavy atom. The number of pyridine rings is 1. The van der Waals surface area contributed by atoms with E-state index in [-0.39, 0.29) is 0 Å². The van der Waals surface area contributed by atoms with Gasteiger partial charge in [0.25, 0.3) is 0 Å². The van der Waals surface area contributed by atoms with E-state index in [1.54, 1.807) is 27.6 Å². The Morgan fingerprint density at radius 2 is 1.75 bits per heavy atom. The zero-order valence-electron chi connectivity index (χ0n) is 16.6. The van der Waals surface area contributed by atoms with Gasteiger partial charge in [-0.15, -0.1) is 0 Å². The summed E-state index contributed by atoms with van der Waals surface area (Å²) >= 11 is 0. The van der Waals surface area contributed by atoms with E-state index in [4.69, 9.17) is 18.6 Å². The standard InChI is InChI=1S/C21H25N3O4/c1-24(10-8-16-7-5-6-9-22-16)13-17-14-28-21(23-17)15-11-18(25-2)20(27-4)19(12-15)26-3/h5-7,9,11-12,14H,8,10,13H2,1-4H3. The van der Waals surface area contributed by atoms with Crippen LogP contribution in [0.2, 0.25) is 0 Å². The molecule has 7 heteroatoms. The van der Waals surface area contributed by atoms with Gasteiger partial charge >= 0.3 is 0 Å². The summed E-state index contributed by atoms with van der Waals surface area (Å²) in [6, 6.07) is 9.60. The molecule has 0 atom stereocenters. The molecular weight excluding hydrogens is 358 g/mol. The highest BCUT2D eigenvalue weighted by atomic mass is 16.5. The molecule has 1 aromatic carbocycles. The van der Waals surface area contributed by atoms with Gasteiger partial charge in [-0.2, -0.15) is 0 Å². The normalized spacial score (nSPS) is 10.9. The van der Waals surface area contributed by atoms with Crippen LogP contribution in [0.4, 0.5) is 0 Å². The minimum absolute atomic E-state index is 0.507. The molecule has 3 aromatic rings. The molecule has 3 rings (SSSR count). The topological polar surface area (TPSA) is 69.9 Å². The highest BCUT2D eigenvalue weighted by Gasteiger charge is 2.17. The predicted molar refractivity (Wildman–Crippen MR) is 106 cm³/mol. The Hall–Kier alpha value is -3.06. The van der Waals surface area contributed by atoms with Gasteiger partial charge in [-0.1, -0.05) is 6.07 Å². The van der Waals surface area contributed by atoms with Crippen molar-refractivity contribution in [3.05, 3.63) is 54.2 Å². The van der Waals surface area contributed by atoms with Crippen LogP contribution in [0.15, 0.2) is 47.2 Å². The lowest BCUT2D eigenvalue weighted by Gasteiger charge is -2.14. The Morgan fingerprint density at radius 1 is 1.00 bits per heavy atom. The monoisotopic (exact) mass is 383 g/mol. The van der Waals surface area contributed by atoms with Gasteiger partial charge in [-0.25, -0.2) is 4.98 Å². The molecule has 0 N–H and O–H groups in total. The van der Waals surface area contributed by atoms with E-state index in [0.717, 1.165) is 29.9 Å². The van der Waals surface area contributed by atoms with Crippen LogP contribution in [0.3, 0.4) is 0 Å². The van der Waals surface area contributed by atoms with Crippen molar-refractivity contribution in [1.82, 2.24) is 14.9 Å². The van der Waals surface area contributed by atoms with Crippen LogP contribution in [-0.4, -0.2) is 49.8 Å². The number of nitrogens with zero attached hydrogens (tertiary/aromatic N) is 3. The maximum atomic E-state index is 5.68. The van der Waals surface area contributed by atoms with Crippen molar-refractivity contribution in [2.45, 2.75) is 13.0 Å². The minimum Gasteiger partial charge on any atom is -0.493 e. The lowest BCUT2D eigenvalue weighted by Crippen LogP contribution is -2.21. The van der Waals surface area contributed by atoms with Gasteiger partial charge in [0.15, 0.2) is 11.5 Å². The number of ether oxygens (including phenoxy) is 3. The fraction of sp³-hybridized carbons (Fsp3) is 0.333. The highest BCUT2D eigenvalue weighted by molar-refractivity contribution is 5.65. The van der Waals surface area contributed by atoms with Crippen LogP contribution in [0.1, 0.15) is 11.4 Å². The van der Waals surface area contributed by atoms with E-state index >= 15 is 0 Å². The first-order valence-corrected chi connectivity index (χ1v) is 8.97. The number of benzene rings is 1. The van der Waals surface area contributed by atoms with E-state index in [9.17, 15) is 0 Å². The van der Waals surface area contributed by atoms with Crippen LogP contribution >= 0.6 is 0 Å². The molecule has 0 aliphatic carbocycles. The second kappa shape index (κ2) is 9.23. The van der Waals surface area contributed by atoms with Gasteiger partial charge < -0.3 is 23.5 Å². The van der Waals surface area contributed by atoms with Gasteiger partial charge in [-0.3, -0.25) is 4.98 Å². The molecule has 0 fully saturated rings.